The van der Waals surface area contributed by atoms with Crippen molar-refractivity contribution in [2.45, 2.75) is 13.5 Å². The van der Waals surface area contributed by atoms with Crippen LogP contribution in [0, 0.1) is 6.92 Å². The molecule has 2 heterocycles. The minimum atomic E-state index is 0.458. The molecule has 4 nitrogen and oxygen atoms in total. The number of pyridine rings is 1. The molecule has 0 atom stereocenters. The van der Waals surface area contributed by atoms with Crippen LogP contribution < -0.4 is 10.6 Å². The molecule has 2 N–H and O–H groups in total. The first-order valence-electron chi connectivity index (χ1n) is 6.34. The van der Waals surface area contributed by atoms with Gasteiger partial charge in [-0.25, -0.2) is 4.98 Å². The van der Waals surface area contributed by atoms with E-state index in [1.54, 1.807) is 0 Å². The van der Waals surface area contributed by atoms with Gasteiger partial charge in [-0.2, -0.15) is 0 Å². The van der Waals surface area contributed by atoms with Crippen LogP contribution in [0.5, 0.6) is 0 Å². The second-order valence-corrected chi connectivity index (χ2v) is 4.53. The number of aromatic nitrogens is 2. The first-order chi connectivity index (χ1) is 9.19. The Bertz CT molecular complexity index is 587. The fourth-order valence-electron chi connectivity index (χ4n) is 2.17. The molecule has 2 aromatic rings. The van der Waals surface area contributed by atoms with Crippen molar-refractivity contribution in [2.75, 3.05) is 18.0 Å². The number of anilines is 1. The van der Waals surface area contributed by atoms with Gasteiger partial charge >= 0.3 is 0 Å². The molecule has 0 amide bonds. The van der Waals surface area contributed by atoms with Gasteiger partial charge in [0, 0.05) is 32.0 Å². The Labute approximate surface area is 113 Å². The van der Waals surface area contributed by atoms with E-state index in [4.69, 9.17) is 5.73 Å². The maximum Gasteiger partial charge on any atom is 0.140 e. The fourth-order valence-corrected chi connectivity index (χ4v) is 2.17. The average Bonchev–Trinajstić information content (AvgIpc) is 2.82. The molecular weight excluding hydrogens is 236 g/mol. The van der Waals surface area contributed by atoms with Gasteiger partial charge in [-0.1, -0.05) is 12.2 Å². The van der Waals surface area contributed by atoms with E-state index in [1.807, 2.05) is 22.7 Å². The highest BCUT2D eigenvalue weighted by Crippen LogP contribution is 2.20. The Morgan fingerprint density at radius 2 is 2.00 bits per heavy atom. The monoisotopic (exact) mass is 256 g/mol. The molecular formula is C15H20N4. The number of nitrogens with zero attached hydrogens (tertiary/aromatic N) is 3. The summed E-state index contributed by atoms with van der Waals surface area (Å²) in [6.45, 7) is 11.7. The molecule has 0 unspecified atom stereocenters. The second-order valence-electron chi connectivity index (χ2n) is 4.53. The van der Waals surface area contributed by atoms with E-state index in [9.17, 15) is 0 Å². The SMILES string of the molecule is C=CCN(CC=C)c1cc(C)c2nc(CN)cn2c1. The lowest BCUT2D eigenvalue weighted by Crippen LogP contribution is -2.23. The van der Waals surface area contributed by atoms with Gasteiger partial charge in [0.2, 0.25) is 0 Å². The summed E-state index contributed by atoms with van der Waals surface area (Å²) >= 11 is 0. The molecule has 2 aromatic heterocycles. The van der Waals surface area contributed by atoms with Gasteiger partial charge in [0.25, 0.3) is 0 Å². The number of hydrogen-bond acceptors (Lipinski definition) is 3. The zero-order valence-electron chi connectivity index (χ0n) is 11.3. The highest BCUT2D eigenvalue weighted by molar-refractivity contribution is 5.58. The second kappa shape index (κ2) is 5.71. The van der Waals surface area contributed by atoms with Crippen molar-refractivity contribution < 1.29 is 0 Å². The molecule has 0 saturated carbocycles. The zero-order chi connectivity index (χ0) is 13.8. The topological polar surface area (TPSA) is 46.6 Å². The van der Waals surface area contributed by atoms with Crippen LogP contribution in [0.2, 0.25) is 0 Å². The Kier molecular flexibility index (Phi) is 4.02. The number of aryl methyl sites for hydroxylation is 1. The summed E-state index contributed by atoms with van der Waals surface area (Å²) in [7, 11) is 0. The fraction of sp³-hybridized carbons (Fsp3) is 0.267. The molecule has 2 rings (SSSR count). The first kappa shape index (κ1) is 13.4. The van der Waals surface area contributed by atoms with Crippen LogP contribution >= 0.6 is 0 Å². The van der Waals surface area contributed by atoms with Gasteiger partial charge in [0.1, 0.15) is 5.65 Å². The molecule has 0 bridgehead atoms. The van der Waals surface area contributed by atoms with Gasteiger partial charge in [0.15, 0.2) is 0 Å². The summed E-state index contributed by atoms with van der Waals surface area (Å²) in [4.78, 5) is 6.71. The number of rotatable bonds is 6. The van der Waals surface area contributed by atoms with E-state index in [0.29, 0.717) is 6.54 Å². The first-order valence-corrected chi connectivity index (χ1v) is 6.34. The number of imidazole rings is 1. The van der Waals surface area contributed by atoms with Crippen LogP contribution in [-0.4, -0.2) is 22.5 Å². The van der Waals surface area contributed by atoms with Crippen molar-refractivity contribution in [1.29, 1.82) is 0 Å². The van der Waals surface area contributed by atoms with Gasteiger partial charge in [0.05, 0.1) is 11.4 Å². The van der Waals surface area contributed by atoms with Crippen LogP contribution in [0.3, 0.4) is 0 Å². The molecule has 0 aliphatic carbocycles. The molecule has 4 heteroatoms. The number of nitrogens with two attached hydrogens (primary N) is 1. The minimum absolute atomic E-state index is 0.458. The third kappa shape index (κ3) is 2.69. The molecule has 0 saturated heterocycles. The predicted molar refractivity (Wildman–Crippen MR) is 80.4 cm³/mol. The van der Waals surface area contributed by atoms with Gasteiger partial charge in [-0.15, -0.1) is 13.2 Å². The molecule has 0 fully saturated rings. The van der Waals surface area contributed by atoms with Crippen LogP contribution in [-0.2, 0) is 6.54 Å². The van der Waals surface area contributed by atoms with Crippen molar-refractivity contribution in [2.24, 2.45) is 5.73 Å². The van der Waals surface area contributed by atoms with Crippen molar-refractivity contribution in [3.05, 3.63) is 55.0 Å². The summed E-state index contributed by atoms with van der Waals surface area (Å²) in [6.07, 6.45) is 7.83. The third-order valence-electron chi connectivity index (χ3n) is 3.04. The maximum atomic E-state index is 5.64. The summed E-state index contributed by atoms with van der Waals surface area (Å²) in [5.74, 6) is 0. The Hall–Kier alpha value is -2.07. The Balaban J connectivity index is 2.48. The summed E-state index contributed by atoms with van der Waals surface area (Å²) in [5.41, 5.74) is 9.77. The quantitative estimate of drug-likeness (QED) is 0.807. The summed E-state index contributed by atoms with van der Waals surface area (Å²) < 4.78 is 2.03. The molecule has 19 heavy (non-hydrogen) atoms. The maximum absolute atomic E-state index is 5.64. The molecule has 0 aromatic carbocycles. The standard InChI is InChI=1S/C15H20N4/c1-4-6-18(7-5-2)14-8-12(3)15-17-13(9-16)10-19(15)11-14/h4-5,8,10-11H,1-2,6-7,9,16H2,3H3. The number of hydrogen-bond donors (Lipinski definition) is 1. The third-order valence-corrected chi connectivity index (χ3v) is 3.04. The normalized spacial score (nSPS) is 10.6. The predicted octanol–water partition coefficient (Wildman–Crippen LogP) is 2.28. The lowest BCUT2D eigenvalue weighted by Gasteiger charge is -2.22. The van der Waals surface area contributed by atoms with E-state index < -0.39 is 0 Å². The Morgan fingerprint density at radius 1 is 1.32 bits per heavy atom. The summed E-state index contributed by atoms with van der Waals surface area (Å²) in [5, 5.41) is 0. The Morgan fingerprint density at radius 3 is 2.58 bits per heavy atom. The van der Waals surface area contributed by atoms with Gasteiger partial charge in [-0.3, -0.25) is 0 Å². The van der Waals surface area contributed by atoms with Crippen molar-refractivity contribution in [1.82, 2.24) is 9.38 Å². The van der Waals surface area contributed by atoms with Crippen LogP contribution in [0.15, 0.2) is 43.8 Å². The molecule has 0 aliphatic heterocycles. The van der Waals surface area contributed by atoms with E-state index >= 15 is 0 Å². The van der Waals surface area contributed by atoms with E-state index in [0.717, 1.165) is 35.7 Å². The minimum Gasteiger partial charge on any atom is -0.363 e. The lowest BCUT2D eigenvalue weighted by atomic mass is 10.2. The molecule has 100 valence electrons. The van der Waals surface area contributed by atoms with E-state index in [1.165, 1.54) is 0 Å². The smallest absolute Gasteiger partial charge is 0.140 e. The highest BCUT2D eigenvalue weighted by atomic mass is 15.1. The van der Waals surface area contributed by atoms with Crippen molar-refractivity contribution in [3.8, 4) is 0 Å². The molecule has 0 aliphatic rings. The van der Waals surface area contributed by atoms with Crippen LogP contribution in [0.25, 0.3) is 5.65 Å². The van der Waals surface area contributed by atoms with Crippen LogP contribution in [0.1, 0.15) is 11.3 Å². The van der Waals surface area contributed by atoms with E-state index in [-0.39, 0.29) is 0 Å². The number of fused-ring (bicyclic) bond motifs is 1. The average molecular weight is 256 g/mol. The lowest BCUT2D eigenvalue weighted by molar-refractivity contribution is 0.942. The van der Waals surface area contributed by atoms with E-state index in [2.05, 4.69) is 42.2 Å². The van der Waals surface area contributed by atoms with Gasteiger partial charge in [-0.05, 0) is 18.6 Å². The van der Waals surface area contributed by atoms with Gasteiger partial charge < -0.3 is 15.0 Å². The summed E-state index contributed by atoms with van der Waals surface area (Å²) in [6, 6.07) is 2.13. The molecule has 0 radical (unpaired) electrons. The van der Waals surface area contributed by atoms with Crippen LogP contribution in [0.4, 0.5) is 5.69 Å². The molecule has 0 spiro atoms. The van der Waals surface area contributed by atoms with Crippen molar-refractivity contribution in [3.63, 3.8) is 0 Å². The largest absolute Gasteiger partial charge is 0.363 e. The van der Waals surface area contributed by atoms with Crippen molar-refractivity contribution >= 4 is 11.3 Å². The highest BCUT2D eigenvalue weighted by Gasteiger charge is 2.09. The zero-order valence-corrected chi connectivity index (χ0v) is 11.3.